The fourth-order valence-corrected chi connectivity index (χ4v) is 5.90. The number of nitro groups is 1. The van der Waals surface area contributed by atoms with Crippen molar-refractivity contribution in [3.63, 3.8) is 0 Å². The van der Waals surface area contributed by atoms with E-state index in [0.717, 1.165) is 0 Å². The van der Waals surface area contributed by atoms with Crippen molar-refractivity contribution in [1.82, 2.24) is 15.1 Å². The van der Waals surface area contributed by atoms with E-state index in [9.17, 15) is 34.1 Å². The lowest BCUT2D eigenvalue weighted by Crippen LogP contribution is -2.54. The summed E-state index contributed by atoms with van der Waals surface area (Å²) in [6, 6.07) is 3.49. The summed E-state index contributed by atoms with van der Waals surface area (Å²) in [6.45, 7) is 27.1. The predicted molar refractivity (Wildman–Crippen MR) is 223 cm³/mol. The number of non-ortho nitro benzene ring substituents is 1. The number of nitrogens with one attached hydrogen (secondary N) is 1. The Labute approximate surface area is 351 Å². The molecule has 1 aromatic carbocycles. The van der Waals surface area contributed by atoms with Crippen LogP contribution >= 0.6 is 0 Å². The number of hydrogen-bond donors (Lipinski definition) is 1. The molecule has 59 heavy (non-hydrogen) atoms. The Kier molecular flexibility index (Phi) is 19.6. The molecule has 0 spiro atoms. The minimum atomic E-state index is -1.43. The van der Waals surface area contributed by atoms with Crippen LogP contribution in [0.2, 0.25) is 0 Å². The molecule has 0 radical (unpaired) electrons. The van der Waals surface area contributed by atoms with Gasteiger partial charge < -0.3 is 23.7 Å². The largest absolute Gasteiger partial charge is 0.459 e. The first-order chi connectivity index (χ1) is 26.7. The normalized spacial score (nSPS) is 13.8. The van der Waals surface area contributed by atoms with Gasteiger partial charge in [-0.15, -0.1) is 0 Å². The third kappa shape index (κ3) is 23.3. The average Bonchev–Trinajstić information content (AvgIpc) is 2.99. The molecule has 0 fully saturated rings. The molecule has 0 saturated carbocycles. The topological polar surface area (TPSA) is 193 Å². The smallest absolute Gasteiger partial charge is 0.335 e. The number of rotatable bonds is 20. The van der Waals surface area contributed by atoms with Crippen molar-refractivity contribution in [2.45, 2.75) is 176 Å². The van der Waals surface area contributed by atoms with Crippen molar-refractivity contribution in [2.24, 2.45) is 0 Å². The Balaban J connectivity index is 3.80. The molecule has 0 amide bonds. The molecule has 1 aromatic rings. The van der Waals surface area contributed by atoms with Crippen LogP contribution in [0, 0.1) is 10.1 Å². The van der Waals surface area contributed by atoms with E-state index in [1.807, 2.05) is 11.8 Å². The Morgan fingerprint density at radius 1 is 0.610 bits per heavy atom. The zero-order valence-corrected chi connectivity index (χ0v) is 38.4. The maximum absolute atomic E-state index is 13.6. The van der Waals surface area contributed by atoms with E-state index in [4.69, 9.17) is 23.7 Å². The highest BCUT2D eigenvalue weighted by atomic mass is 16.6. The molecule has 2 atom stereocenters. The van der Waals surface area contributed by atoms with Gasteiger partial charge in [0, 0.05) is 30.8 Å². The minimum Gasteiger partial charge on any atom is -0.459 e. The standard InChI is InChI=1S/C43H72N4O12/c1-17-30(22-23-44-36(37(51)58-42(11,12)13)38(52)59-43(14,15)16)45(26-33(48)55-39(2,3)4)25-32(24-29-18-20-31(21-19-29)47(53)54)46(27-34(49)56-40(5,6)7)28-35(50)57-41(8,9)10/h18-21,30,32,36,44H,17,22-28H2,1-16H3. The van der Waals surface area contributed by atoms with E-state index >= 15 is 0 Å². The Hall–Kier alpha value is -4.15. The highest BCUT2D eigenvalue weighted by Crippen LogP contribution is 2.21. The molecule has 16 heteroatoms. The number of nitrogens with zero attached hydrogens (tertiary/aromatic N) is 3. The molecule has 0 saturated heterocycles. The molecule has 0 heterocycles. The number of carbonyl (C=O) groups is 5. The third-order valence-electron chi connectivity index (χ3n) is 7.94. The summed E-state index contributed by atoms with van der Waals surface area (Å²) in [5.41, 5.74) is -3.66. The maximum Gasteiger partial charge on any atom is 0.335 e. The maximum atomic E-state index is 13.6. The van der Waals surface area contributed by atoms with E-state index in [0.29, 0.717) is 18.4 Å². The molecule has 0 aromatic heterocycles. The Bertz CT molecular complexity index is 1500. The molecule has 336 valence electrons. The molecule has 0 aliphatic carbocycles. The zero-order chi connectivity index (χ0) is 45.7. The molecule has 0 aliphatic heterocycles. The molecule has 1 N–H and O–H groups in total. The van der Waals surface area contributed by atoms with Gasteiger partial charge in [-0.3, -0.25) is 39.6 Å². The molecule has 0 aliphatic rings. The summed E-state index contributed by atoms with van der Waals surface area (Å²) >= 11 is 0. The van der Waals surface area contributed by atoms with Gasteiger partial charge in [0.05, 0.1) is 24.6 Å². The van der Waals surface area contributed by atoms with Gasteiger partial charge in [-0.25, -0.2) is 9.59 Å². The zero-order valence-electron chi connectivity index (χ0n) is 38.4. The van der Waals surface area contributed by atoms with Gasteiger partial charge in [-0.1, -0.05) is 19.1 Å². The quantitative estimate of drug-likeness (QED) is 0.0533. The summed E-state index contributed by atoms with van der Waals surface area (Å²) in [4.78, 5) is 81.5. The van der Waals surface area contributed by atoms with Gasteiger partial charge in [0.25, 0.3) is 5.69 Å². The van der Waals surface area contributed by atoms with E-state index < -0.39 is 74.9 Å². The highest BCUT2D eigenvalue weighted by molar-refractivity contribution is 5.99. The van der Waals surface area contributed by atoms with Crippen LogP contribution < -0.4 is 5.32 Å². The number of benzene rings is 1. The van der Waals surface area contributed by atoms with Gasteiger partial charge in [-0.05, 0) is 135 Å². The third-order valence-corrected chi connectivity index (χ3v) is 7.94. The summed E-state index contributed by atoms with van der Waals surface area (Å²) in [5.74, 6) is -3.31. The van der Waals surface area contributed by atoms with Crippen LogP contribution in [0.25, 0.3) is 0 Å². The van der Waals surface area contributed by atoms with Crippen LogP contribution in [0.4, 0.5) is 5.69 Å². The van der Waals surface area contributed by atoms with Crippen LogP contribution in [0.15, 0.2) is 24.3 Å². The molecular formula is C43H72N4O12. The van der Waals surface area contributed by atoms with Gasteiger partial charge in [0.2, 0.25) is 6.04 Å². The first-order valence-corrected chi connectivity index (χ1v) is 20.2. The van der Waals surface area contributed by atoms with E-state index in [2.05, 4.69) is 5.32 Å². The summed E-state index contributed by atoms with van der Waals surface area (Å²) < 4.78 is 28.2. The van der Waals surface area contributed by atoms with E-state index in [-0.39, 0.29) is 50.9 Å². The number of ether oxygens (including phenoxy) is 5. The predicted octanol–water partition coefficient (Wildman–Crippen LogP) is 5.95. The SMILES string of the molecule is CCC(CCNC(C(=O)OC(C)(C)C)C(=O)OC(C)(C)C)N(CC(=O)OC(C)(C)C)CC(Cc1ccc([N+](=O)[O-])cc1)N(CC(=O)OC(C)(C)C)CC(=O)OC(C)(C)C. The van der Waals surface area contributed by atoms with E-state index in [1.165, 1.54) is 12.1 Å². The lowest BCUT2D eigenvalue weighted by atomic mass is 10.0. The molecule has 2 unspecified atom stereocenters. The van der Waals surface area contributed by atoms with E-state index in [1.54, 1.807) is 121 Å². The van der Waals surface area contributed by atoms with Gasteiger partial charge >= 0.3 is 29.8 Å². The van der Waals surface area contributed by atoms with Crippen molar-refractivity contribution >= 4 is 35.5 Å². The molecule has 1 rings (SSSR count). The Morgan fingerprint density at radius 3 is 1.32 bits per heavy atom. The fraction of sp³-hybridized carbons (Fsp3) is 0.744. The van der Waals surface area contributed by atoms with Gasteiger partial charge in [0.15, 0.2) is 0 Å². The summed E-state index contributed by atoms with van der Waals surface area (Å²) in [7, 11) is 0. The van der Waals surface area contributed by atoms with Crippen LogP contribution in [0.5, 0.6) is 0 Å². The van der Waals surface area contributed by atoms with Gasteiger partial charge in [0.1, 0.15) is 28.0 Å². The van der Waals surface area contributed by atoms with Crippen LogP contribution in [0.1, 0.15) is 129 Å². The lowest BCUT2D eigenvalue weighted by molar-refractivity contribution is -0.384. The fourth-order valence-electron chi connectivity index (χ4n) is 5.90. The molecular weight excluding hydrogens is 764 g/mol. The number of esters is 5. The monoisotopic (exact) mass is 837 g/mol. The second-order valence-corrected chi connectivity index (χ2v) is 19.7. The molecule has 0 bridgehead atoms. The molecule has 16 nitrogen and oxygen atoms in total. The number of carbonyl (C=O) groups excluding carboxylic acids is 5. The van der Waals surface area contributed by atoms with Crippen molar-refractivity contribution in [3.8, 4) is 0 Å². The van der Waals surface area contributed by atoms with Gasteiger partial charge in [-0.2, -0.15) is 0 Å². The number of nitro benzene ring substituents is 1. The van der Waals surface area contributed by atoms with Crippen LogP contribution in [0.3, 0.4) is 0 Å². The number of hydrogen-bond acceptors (Lipinski definition) is 15. The summed E-state index contributed by atoms with van der Waals surface area (Å²) in [5, 5.41) is 14.5. The lowest BCUT2D eigenvalue weighted by Gasteiger charge is -2.39. The van der Waals surface area contributed by atoms with Crippen LogP contribution in [-0.4, -0.2) is 123 Å². The van der Waals surface area contributed by atoms with Crippen molar-refractivity contribution in [1.29, 1.82) is 0 Å². The van der Waals surface area contributed by atoms with Crippen molar-refractivity contribution < 1.29 is 52.6 Å². The van der Waals surface area contributed by atoms with Crippen molar-refractivity contribution in [3.05, 3.63) is 39.9 Å². The average molecular weight is 837 g/mol. The second kappa shape index (κ2) is 21.9. The van der Waals surface area contributed by atoms with Crippen molar-refractivity contribution in [2.75, 3.05) is 32.7 Å². The highest BCUT2D eigenvalue weighted by Gasteiger charge is 2.36. The first kappa shape index (κ1) is 52.9. The second-order valence-electron chi connectivity index (χ2n) is 19.7. The Morgan fingerprint density at radius 2 is 0.983 bits per heavy atom. The summed E-state index contributed by atoms with van der Waals surface area (Å²) in [6.07, 6.45) is 1.02. The van der Waals surface area contributed by atoms with Crippen LogP contribution in [-0.2, 0) is 54.1 Å². The minimum absolute atomic E-state index is 0.0991. The first-order valence-electron chi connectivity index (χ1n) is 20.2.